The van der Waals surface area contributed by atoms with Crippen molar-refractivity contribution < 1.29 is 9.53 Å². The van der Waals surface area contributed by atoms with Crippen molar-refractivity contribution in [3.8, 4) is 11.4 Å². The molecule has 0 aliphatic rings. The number of nitrogens with zero attached hydrogens (tertiary/aromatic N) is 2. The molecule has 0 radical (unpaired) electrons. The highest BCUT2D eigenvalue weighted by Crippen LogP contribution is 2.24. The van der Waals surface area contributed by atoms with Gasteiger partial charge < -0.3 is 10.1 Å². The highest BCUT2D eigenvalue weighted by atomic mass is 35.5. The lowest BCUT2D eigenvalue weighted by Crippen LogP contribution is -2.20. The Balaban J connectivity index is 1.66. The van der Waals surface area contributed by atoms with Gasteiger partial charge in [0, 0.05) is 18.2 Å². The predicted molar refractivity (Wildman–Crippen MR) is 107 cm³/mol. The van der Waals surface area contributed by atoms with E-state index in [1.807, 2.05) is 61.5 Å². The minimum Gasteiger partial charge on any atom is -0.497 e. The number of hydrogen-bond acceptors (Lipinski definition) is 3. The van der Waals surface area contributed by atoms with Gasteiger partial charge in [-0.1, -0.05) is 41.9 Å². The first-order valence-corrected chi connectivity index (χ1v) is 8.85. The van der Waals surface area contributed by atoms with Crippen molar-refractivity contribution in [3.05, 3.63) is 82.6 Å². The SMILES string of the molecule is COc1ccc(CNC(=O)/C=C/c2c(C)nn(-c3ccccc3)c2Cl)cc1. The van der Waals surface area contributed by atoms with Gasteiger partial charge in [0.15, 0.2) is 0 Å². The number of rotatable bonds is 6. The number of carbonyl (C=O) groups is 1. The Kier molecular flexibility index (Phi) is 5.94. The molecule has 0 bridgehead atoms. The normalized spacial score (nSPS) is 10.9. The average Bonchev–Trinajstić information content (AvgIpc) is 2.99. The van der Waals surface area contributed by atoms with Crippen LogP contribution >= 0.6 is 11.6 Å². The van der Waals surface area contributed by atoms with Crippen molar-refractivity contribution in [1.29, 1.82) is 0 Å². The van der Waals surface area contributed by atoms with E-state index in [1.165, 1.54) is 6.08 Å². The molecule has 0 aliphatic carbocycles. The summed E-state index contributed by atoms with van der Waals surface area (Å²) in [5, 5.41) is 7.78. The molecule has 0 fully saturated rings. The summed E-state index contributed by atoms with van der Waals surface area (Å²) >= 11 is 6.45. The number of halogens is 1. The van der Waals surface area contributed by atoms with Gasteiger partial charge in [0.05, 0.1) is 18.5 Å². The molecule has 1 amide bonds. The van der Waals surface area contributed by atoms with E-state index >= 15 is 0 Å². The molecule has 5 nitrogen and oxygen atoms in total. The van der Waals surface area contributed by atoms with Crippen LogP contribution in [0.1, 0.15) is 16.8 Å². The minimum absolute atomic E-state index is 0.200. The highest BCUT2D eigenvalue weighted by Gasteiger charge is 2.12. The van der Waals surface area contributed by atoms with Crippen LogP contribution in [0.4, 0.5) is 0 Å². The molecular formula is C21H20ClN3O2. The number of benzene rings is 2. The number of ether oxygens (including phenoxy) is 1. The average molecular weight is 382 g/mol. The lowest BCUT2D eigenvalue weighted by molar-refractivity contribution is -0.116. The Hall–Kier alpha value is -3.05. The lowest BCUT2D eigenvalue weighted by Gasteiger charge is -2.04. The van der Waals surface area contributed by atoms with Crippen LogP contribution in [0.15, 0.2) is 60.7 Å². The molecule has 1 aromatic heterocycles. The first kappa shape index (κ1) is 18.7. The number of methoxy groups -OCH3 is 1. The zero-order valence-corrected chi connectivity index (χ0v) is 15.9. The zero-order chi connectivity index (χ0) is 19.2. The number of para-hydroxylation sites is 1. The van der Waals surface area contributed by atoms with Crippen LogP contribution in [0, 0.1) is 6.92 Å². The molecule has 138 valence electrons. The predicted octanol–water partition coefficient (Wildman–Crippen LogP) is 4.17. The molecule has 0 atom stereocenters. The van der Waals surface area contributed by atoms with E-state index in [9.17, 15) is 4.79 Å². The molecule has 0 aliphatic heterocycles. The van der Waals surface area contributed by atoms with E-state index in [-0.39, 0.29) is 5.91 Å². The van der Waals surface area contributed by atoms with Gasteiger partial charge in [0.1, 0.15) is 10.9 Å². The number of aryl methyl sites for hydroxylation is 1. The minimum atomic E-state index is -0.200. The standard InChI is InChI=1S/C21H20ClN3O2/c1-15-19(21(22)25(24-15)17-6-4-3-5-7-17)12-13-20(26)23-14-16-8-10-18(27-2)11-9-16/h3-13H,14H2,1-2H3,(H,23,26)/b13-12+. The van der Waals surface area contributed by atoms with Gasteiger partial charge in [-0.2, -0.15) is 5.10 Å². The molecular weight excluding hydrogens is 362 g/mol. The van der Waals surface area contributed by atoms with Crippen LogP contribution in [0.2, 0.25) is 5.15 Å². The molecule has 27 heavy (non-hydrogen) atoms. The van der Waals surface area contributed by atoms with Crippen molar-refractivity contribution in [2.24, 2.45) is 0 Å². The fourth-order valence-corrected chi connectivity index (χ4v) is 2.93. The maximum Gasteiger partial charge on any atom is 0.244 e. The molecule has 0 saturated carbocycles. The van der Waals surface area contributed by atoms with Crippen LogP contribution in [0.5, 0.6) is 5.75 Å². The smallest absolute Gasteiger partial charge is 0.244 e. The largest absolute Gasteiger partial charge is 0.497 e. The van der Waals surface area contributed by atoms with Gasteiger partial charge in [-0.3, -0.25) is 4.79 Å². The maximum atomic E-state index is 12.1. The summed E-state index contributed by atoms with van der Waals surface area (Å²) in [4.78, 5) is 12.1. The van der Waals surface area contributed by atoms with Crippen LogP contribution in [-0.2, 0) is 11.3 Å². The summed E-state index contributed by atoms with van der Waals surface area (Å²) in [6, 6.07) is 17.2. The van der Waals surface area contributed by atoms with Crippen molar-refractivity contribution in [2.45, 2.75) is 13.5 Å². The Labute approximate surface area is 163 Å². The van der Waals surface area contributed by atoms with E-state index in [0.29, 0.717) is 11.7 Å². The molecule has 3 rings (SSSR count). The van der Waals surface area contributed by atoms with Crippen LogP contribution in [0.25, 0.3) is 11.8 Å². The van der Waals surface area contributed by atoms with Crippen molar-refractivity contribution >= 4 is 23.6 Å². The Morgan fingerprint density at radius 2 is 1.89 bits per heavy atom. The second-order valence-corrected chi connectivity index (χ2v) is 6.29. The molecule has 0 spiro atoms. The molecule has 0 saturated heterocycles. The van der Waals surface area contributed by atoms with Gasteiger partial charge in [-0.05, 0) is 42.8 Å². The quantitative estimate of drug-likeness (QED) is 0.652. The first-order valence-electron chi connectivity index (χ1n) is 8.48. The number of amides is 1. The molecule has 3 aromatic rings. The van der Waals surface area contributed by atoms with E-state index in [2.05, 4.69) is 10.4 Å². The third-order valence-corrected chi connectivity index (χ3v) is 4.44. The van der Waals surface area contributed by atoms with Gasteiger partial charge in [-0.15, -0.1) is 0 Å². The van der Waals surface area contributed by atoms with Gasteiger partial charge in [0.25, 0.3) is 0 Å². The lowest BCUT2D eigenvalue weighted by atomic mass is 10.2. The van der Waals surface area contributed by atoms with Crippen LogP contribution in [0.3, 0.4) is 0 Å². The zero-order valence-electron chi connectivity index (χ0n) is 15.1. The number of carbonyl (C=O) groups excluding carboxylic acids is 1. The second kappa shape index (κ2) is 8.56. The summed E-state index contributed by atoms with van der Waals surface area (Å²) in [7, 11) is 1.62. The maximum absolute atomic E-state index is 12.1. The van der Waals surface area contributed by atoms with Gasteiger partial charge in [0.2, 0.25) is 5.91 Å². The molecule has 0 unspecified atom stereocenters. The monoisotopic (exact) mass is 381 g/mol. The van der Waals surface area contributed by atoms with E-state index in [1.54, 1.807) is 17.9 Å². The van der Waals surface area contributed by atoms with E-state index in [0.717, 1.165) is 28.3 Å². The Bertz CT molecular complexity index is 948. The van der Waals surface area contributed by atoms with Crippen molar-refractivity contribution in [1.82, 2.24) is 15.1 Å². The summed E-state index contributed by atoms with van der Waals surface area (Å²) in [5.41, 5.74) is 3.33. The number of hydrogen-bond donors (Lipinski definition) is 1. The molecule has 2 aromatic carbocycles. The Morgan fingerprint density at radius 3 is 2.56 bits per heavy atom. The summed E-state index contributed by atoms with van der Waals surface area (Å²) in [6.07, 6.45) is 3.15. The first-order chi connectivity index (χ1) is 13.1. The summed E-state index contributed by atoms with van der Waals surface area (Å²) in [5.74, 6) is 0.583. The fraction of sp³-hybridized carbons (Fsp3) is 0.143. The topological polar surface area (TPSA) is 56.1 Å². The summed E-state index contributed by atoms with van der Waals surface area (Å²) < 4.78 is 6.78. The second-order valence-electron chi connectivity index (χ2n) is 5.94. The van der Waals surface area contributed by atoms with Crippen LogP contribution in [-0.4, -0.2) is 22.8 Å². The Morgan fingerprint density at radius 1 is 1.19 bits per heavy atom. The fourth-order valence-electron chi connectivity index (χ4n) is 2.59. The van der Waals surface area contributed by atoms with Crippen molar-refractivity contribution in [2.75, 3.05) is 7.11 Å². The highest BCUT2D eigenvalue weighted by molar-refractivity contribution is 6.31. The summed E-state index contributed by atoms with van der Waals surface area (Å²) in [6.45, 7) is 2.30. The molecule has 6 heteroatoms. The number of nitrogens with one attached hydrogen (secondary N) is 1. The third-order valence-electron chi connectivity index (χ3n) is 4.08. The molecule has 1 heterocycles. The van der Waals surface area contributed by atoms with Crippen molar-refractivity contribution in [3.63, 3.8) is 0 Å². The third kappa shape index (κ3) is 4.57. The van der Waals surface area contributed by atoms with E-state index < -0.39 is 0 Å². The van der Waals surface area contributed by atoms with Gasteiger partial charge >= 0.3 is 0 Å². The number of aromatic nitrogens is 2. The van der Waals surface area contributed by atoms with E-state index in [4.69, 9.17) is 16.3 Å². The van der Waals surface area contributed by atoms with Gasteiger partial charge in [-0.25, -0.2) is 4.68 Å². The van der Waals surface area contributed by atoms with Crippen LogP contribution < -0.4 is 10.1 Å². The molecule has 1 N–H and O–H groups in total.